The Morgan fingerprint density at radius 3 is 1.88 bits per heavy atom. The Hall–Kier alpha value is 0.0249. The summed E-state index contributed by atoms with van der Waals surface area (Å²) in [7, 11) is 0. The highest BCUT2D eigenvalue weighted by atomic mass is 16.4. The quantitative estimate of drug-likeness (QED) is 0.389. The fourth-order valence-corrected chi connectivity index (χ4v) is 2.28. The fourth-order valence-electron chi connectivity index (χ4n) is 2.28. The monoisotopic (exact) mass is 226 g/mol. The maximum Gasteiger partial charge on any atom is 0.298 e. The first-order valence-corrected chi connectivity index (χ1v) is 7.14. The zero-order valence-corrected chi connectivity index (χ0v) is 12.3. The molecule has 0 rings (SSSR count). The van der Waals surface area contributed by atoms with Crippen LogP contribution >= 0.6 is 0 Å². The molecule has 16 heavy (non-hydrogen) atoms. The minimum atomic E-state index is 0.418. The van der Waals surface area contributed by atoms with E-state index in [2.05, 4.69) is 41.5 Å². The third kappa shape index (κ3) is 7.32. The van der Waals surface area contributed by atoms with Gasteiger partial charge in [-0.05, 0) is 25.0 Å². The lowest BCUT2D eigenvalue weighted by atomic mass is 9.49. The summed E-state index contributed by atoms with van der Waals surface area (Å²) in [5.41, 5.74) is 0. The summed E-state index contributed by atoms with van der Waals surface area (Å²) in [6.07, 6.45) is 7.00. The highest BCUT2D eigenvalue weighted by Crippen LogP contribution is 2.23. The maximum absolute atomic E-state index is 6.15. The van der Waals surface area contributed by atoms with Crippen LogP contribution in [0.1, 0.15) is 73.6 Å². The molecule has 0 heterocycles. The Labute approximate surface area is 103 Å². The molecule has 0 amide bonds. The summed E-state index contributed by atoms with van der Waals surface area (Å²) < 4.78 is 6.15. The molecule has 2 heteroatoms. The van der Waals surface area contributed by atoms with Gasteiger partial charge in [0.15, 0.2) is 0 Å². The van der Waals surface area contributed by atoms with Crippen molar-refractivity contribution in [1.29, 1.82) is 0 Å². The van der Waals surface area contributed by atoms with Crippen molar-refractivity contribution < 1.29 is 4.65 Å². The van der Waals surface area contributed by atoms with Gasteiger partial charge in [0.2, 0.25) is 0 Å². The molecular weight excluding hydrogens is 195 g/mol. The Kier molecular flexibility index (Phi) is 9.11. The van der Waals surface area contributed by atoms with E-state index in [1.165, 1.54) is 32.1 Å². The van der Waals surface area contributed by atoms with E-state index in [0.717, 1.165) is 0 Å². The molecule has 0 spiro atoms. The van der Waals surface area contributed by atoms with E-state index in [9.17, 15) is 0 Å². The van der Waals surface area contributed by atoms with Crippen LogP contribution in [0, 0.1) is 0 Å². The second-order valence-corrected chi connectivity index (χ2v) is 5.75. The summed E-state index contributed by atoms with van der Waals surface area (Å²) in [6.45, 7) is 13.9. The molecule has 0 aliphatic rings. The predicted molar refractivity (Wildman–Crippen MR) is 75.3 cm³/mol. The van der Waals surface area contributed by atoms with Crippen molar-refractivity contribution in [2.75, 3.05) is 0 Å². The van der Waals surface area contributed by atoms with Crippen LogP contribution in [-0.2, 0) is 4.65 Å². The Bertz CT molecular complexity index is 149. The van der Waals surface area contributed by atoms with Crippen molar-refractivity contribution in [3.05, 3.63) is 0 Å². The smallest absolute Gasteiger partial charge is 0.298 e. The van der Waals surface area contributed by atoms with Gasteiger partial charge in [-0.2, -0.15) is 0 Å². The van der Waals surface area contributed by atoms with Crippen molar-refractivity contribution >= 4 is 6.92 Å². The van der Waals surface area contributed by atoms with Gasteiger partial charge in [0.1, 0.15) is 0 Å². The summed E-state index contributed by atoms with van der Waals surface area (Å²) >= 11 is 0. The maximum atomic E-state index is 6.15. The molecule has 0 aliphatic carbocycles. The van der Waals surface area contributed by atoms with E-state index in [1.54, 1.807) is 0 Å². The first-order chi connectivity index (χ1) is 7.49. The van der Waals surface area contributed by atoms with Gasteiger partial charge in [0.05, 0.1) is 0 Å². The van der Waals surface area contributed by atoms with Crippen LogP contribution in [0.3, 0.4) is 0 Å². The molecule has 0 aromatic carbocycles. The Morgan fingerprint density at radius 1 is 0.875 bits per heavy atom. The van der Waals surface area contributed by atoms with Crippen molar-refractivity contribution in [1.82, 2.24) is 0 Å². The Morgan fingerprint density at radius 2 is 1.44 bits per heavy atom. The van der Waals surface area contributed by atoms with Gasteiger partial charge < -0.3 is 4.65 Å². The zero-order chi connectivity index (χ0) is 12.6. The molecule has 0 aromatic rings. The summed E-state index contributed by atoms with van der Waals surface area (Å²) in [5.74, 6) is 1.25. The molecule has 0 saturated carbocycles. The third-order valence-corrected chi connectivity index (χ3v) is 3.17. The lowest BCUT2D eigenvalue weighted by Gasteiger charge is -2.25. The van der Waals surface area contributed by atoms with Crippen molar-refractivity contribution in [2.45, 2.75) is 91.4 Å². The van der Waals surface area contributed by atoms with E-state index in [0.29, 0.717) is 24.7 Å². The average molecular weight is 226 g/mol. The van der Waals surface area contributed by atoms with Crippen LogP contribution in [0.5, 0.6) is 0 Å². The number of rotatable bonds is 9. The number of unbranched alkanes of at least 4 members (excludes halogenated alkanes) is 3. The molecule has 1 unspecified atom stereocenters. The lowest BCUT2D eigenvalue weighted by molar-refractivity contribution is 0.198. The van der Waals surface area contributed by atoms with Crippen molar-refractivity contribution in [3.8, 4) is 0 Å². The van der Waals surface area contributed by atoms with E-state index >= 15 is 0 Å². The summed E-state index contributed by atoms with van der Waals surface area (Å²) in [5, 5.41) is 0. The number of hydrogen-bond donors (Lipinski definition) is 0. The molecule has 1 atom stereocenters. The molecule has 0 fully saturated rings. The van der Waals surface area contributed by atoms with E-state index in [1.807, 2.05) is 0 Å². The normalized spacial score (nSPS) is 13.5. The Balaban J connectivity index is 3.78. The lowest BCUT2D eigenvalue weighted by Crippen LogP contribution is -2.29. The van der Waals surface area contributed by atoms with Gasteiger partial charge in [0.25, 0.3) is 6.92 Å². The van der Waals surface area contributed by atoms with Gasteiger partial charge in [-0.25, -0.2) is 0 Å². The van der Waals surface area contributed by atoms with Gasteiger partial charge >= 0.3 is 0 Å². The molecule has 0 radical (unpaired) electrons. The van der Waals surface area contributed by atoms with Crippen molar-refractivity contribution in [2.24, 2.45) is 0 Å². The van der Waals surface area contributed by atoms with Crippen LogP contribution in [0.25, 0.3) is 0 Å². The minimum absolute atomic E-state index is 0.418. The highest BCUT2D eigenvalue weighted by Gasteiger charge is 2.25. The highest BCUT2D eigenvalue weighted by molar-refractivity contribution is 6.55. The molecule has 0 aromatic heterocycles. The summed E-state index contributed by atoms with van der Waals surface area (Å²) in [6, 6.07) is 0. The minimum Gasteiger partial charge on any atom is -0.433 e. The van der Waals surface area contributed by atoms with Gasteiger partial charge in [0, 0.05) is 6.10 Å². The van der Waals surface area contributed by atoms with E-state index in [-0.39, 0.29) is 0 Å². The van der Waals surface area contributed by atoms with Gasteiger partial charge in [-0.3, -0.25) is 0 Å². The summed E-state index contributed by atoms with van der Waals surface area (Å²) in [4.78, 5) is 0. The van der Waals surface area contributed by atoms with Gasteiger partial charge in [-0.15, -0.1) is 0 Å². The first kappa shape index (κ1) is 16.0. The van der Waals surface area contributed by atoms with E-state index in [4.69, 9.17) is 4.65 Å². The fraction of sp³-hybridized carbons (Fsp3) is 1.00. The largest absolute Gasteiger partial charge is 0.433 e. The van der Waals surface area contributed by atoms with Crippen LogP contribution in [-0.4, -0.2) is 13.0 Å². The molecule has 0 aliphatic heterocycles. The van der Waals surface area contributed by atoms with Gasteiger partial charge in [-0.1, -0.05) is 60.3 Å². The molecular formula is C14H31BO. The number of hydrogen-bond acceptors (Lipinski definition) is 1. The molecule has 1 nitrogen and oxygen atoms in total. The first-order valence-electron chi connectivity index (χ1n) is 7.14. The second-order valence-electron chi connectivity index (χ2n) is 5.75. The predicted octanol–water partition coefficient (Wildman–Crippen LogP) is 5.17. The van der Waals surface area contributed by atoms with Crippen LogP contribution in [0.2, 0.25) is 11.6 Å². The SMILES string of the molecule is CCCCCCC(C)OB(C(C)C)C(C)C. The van der Waals surface area contributed by atoms with Crippen LogP contribution < -0.4 is 0 Å². The average Bonchev–Trinajstić information content (AvgIpc) is 2.20. The van der Waals surface area contributed by atoms with E-state index < -0.39 is 0 Å². The third-order valence-electron chi connectivity index (χ3n) is 3.17. The van der Waals surface area contributed by atoms with Crippen LogP contribution in [0.4, 0.5) is 0 Å². The van der Waals surface area contributed by atoms with Crippen LogP contribution in [0.15, 0.2) is 0 Å². The standard InChI is InChI=1S/C14H31BO/c1-7-8-9-10-11-14(6)16-15(12(2)3)13(4)5/h12-14H,7-11H2,1-6H3. The molecule has 0 bridgehead atoms. The topological polar surface area (TPSA) is 9.23 Å². The molecule has 96 valence electrons. The molecule has 0 N–H and O–H groups in total. The molecule has 0 saturated heterocycles. The van der Waals surface area contributed by atoms with Crippen molar-refractivity contribution in [3.63, 3.8) is 0 Å². The zero-order valence-electron chi connectivity index (χ0n) is 12.3. The second kappa shape index (κ2) is 9.10.